The van der Waals surface area contributed by atoms with E-state index >= 15 is 0 Å². The van der Waals surface area contributed by atoms with Crippen LogP contribution in [-0.4, -0.2) is 31.1 Å². The summed E-state index contributed by atoms with van der Waals surface area (Å²) < 4.78 is 0. The quantitative estimate of drug-likeness (QED) is 0.706. The van der Waals surface area contributed by atoms with Crippen molar-refractivity contribution in [2.45, 2.75) is 40.0 Å². The summed E-state index contributed by atoms with van der Waals surface area (Å²) in [6.45, 7) is 11.1. The number of nitrogens with zero attached hydrogens (tertiary/aromatic N) is 1. The van der Waals surface area contributed by atoms with Gasteiger partial charge in [-0.1, -0.05) is 25.5 Å². The Hall–Kier alpha value is -0.340. The molecule has 0 saturated heterocycles. The average molecular weight is 210 g/mol. The summed E-state index contributed by atoms with van der Waals surface area (Å²) in [7, 11) is 0. The molecule has 0 aromatic carbocycles. The van der Waals surface area contributed by atoms with Crippen LogP contribution in [0.1, 0.15) is 40.0 Å². The van der Waals surface area contributed by atoms with Gasteiger partial charge >= 0.3 is 0 Å². The van der Waals surface area contributed by atoms with Crippen LogP contribution in [0.2, 0.25) is 0 Å². The van der Waals surface area contributed by atoms with Crippen molar-refractivity contribution in [2.75, 3.05) is 26.2 Å². The Morgan fingerprint density at radius 1 is 1.40 bits per heavy atom. The monoisotopic (exact) mass is 210 g/mol. The van der Waals surface area contributed by atoms with Crippen molar-refractivity contribution in [1.29, 1.82) is 0 Å². The van der Waals surface area contributed by atoms with Crippen molar-refractivity contribution in [3.05, 3.63) is 11.6 Å². The maximum Gasteiger partial charge on any atom is 0.0190 e. The summed E-state index contributed by atoms with van der Waals surface area (Å²) in [4.78, 5) is 2.56. The van der Waals surface area contributed by atoms with E-state index in [2.05, 4.69) is 31.7 Å². The standard InChI is InChI=1S/C13H26N2/c1-4-13(5-2,10-14)11-15-8-6-7-12(3)9-15/h7H,4-6,8-11,14H2,1-3H3. The number of nitrogens with two attached hydrogens (primary N) is 1. The molecule has 1 heterocycles. The Kier molecular flexibility index (Phi) is 4.81. The van der Waals surface area contributed by atoms with Crippen LogP contribution in [0, 0.1) is 5.41 Å². The summed E-state index contributed by atoms with van der Waals surface area (Å²) in [5, 5.41) is 0. The summed E-state index contributed by atoms with van der Waals surface area (Å²) in [6.07, 6.45) is 5.96. The van der Waals surface area contributed by atoms with Gasteiger partial charge in [0.25, 0.3) is 0 Å². The third-order valence-corrected chi connectivity index (χ3v) is 3.90. The number of hydrogen-bond donors (Lipinski definition) is 1. The molecular weight excluding hydrogens is 184 g/mol. The van der Waals surface area contributed by atoms with Crippen LogP contribution in [0.3, 0.4) is 0 Å². The zero-order chi connectivity index (χ0) is 11.3. The molecule has 15 heavy (non-hydrogen) atoms. The highest BCUT2D eigenvalue weighted by Gasteiger charge is 2.27. The van der Waals surface area contributed by atoms with Crippen LogP contribution in [0.4, 0.5) is 0 Å². The van der Waals surface area contributed by atoms with E-state index in [1.807, 2.05) is 0 Å². The van der Waals surface area contributed by atoms with Crippen molar-refractivity contribution in [1.82, 2.24) is 4.90 Å². The fourth-order valence-corrected chi connectivity index (χ4v) is 2.43. The van der Waals surface area contributed by atoms with Crippen molar-refractivity contribution >= 4 is 0 Å². The zero-order valence-corrected chi connectivity index (χ0v) is 10.6. The Balaban J connectivity index is 2.55. The van der Waals surface area contributed by atoms with E-state index < -0.39 is 0 Å². The predicted molar refractivity (Wildman–Crippen MR) is 66.9 cm³/mol. The molecule has 1 aliphatic rings. The van der Waals surface area contributed by atoms with E-state index in [0.29, 0.717) is 5.41 Å². The minimum atomic E-state index is 0.345. The van der Waals surface area contributed by atoms with Crippen LogP contribution in [-0.2, 0) is 0 Å². The molecule has 0 aromatic rings. The van der Waals surface area contributed by atoms with Gasteiger partial charge in [-0.25, -0.2) is 0 Å². The van der Waals surface area contributed by atoms with Gasteiger partial charge in [-0.3, -0.25) is 4.90 Å². The Bertz CT molecular complexity index is 208. The van der Waals surface area contributed by atoms with Crippen LogP contribution in [0.15, 0.2) is 11.6 Å². The van der Waals surface area contributed by atoms with E-state index in [4.69, 9.17) is 5.73 Å². The predicted octanol–water partition coefficient (Wildman–Crippen LogP) is 2.40. The van der Waals surface area contributed by atoms with Crippen molar-refractivity contribution in [3.63, 3.8) is 0 Å². The molecular formula is C13H26N2. The second-order valence-corrected chi connectivity index (χ2v) is 4.96. The second-order valence-electron chi connectivity index (χ2n) is 4.96. The molecule has 0 bridgehead atoms. The van der Waals surface area contributed by atoms with Gasteiger partial charge in [-0.15, -0.1) is 0 Å². The lowest BCUT2D eigenvalue weighted by atomic mass is 9.81. The van der Waals surface area contributed by atoms with Gasteiger partial charge in [-0.2, -0.15) is 0 Å². The Morgan fingerprint density at radius 2 is 2.07 bits per heavy atom. The molecule has 1 aliphatic heterocycles. The van der Waals surface area contributed by atoms with Gasteiger partial charge in [0.05, 0.1) is 0 Å². The molecule has 0 radical (unpaired) electrons. The second kappa shape index (κ2) is 5.66. The van der Waals surface area contributed by atoms with Crippen molar-refractivity contribution in [2.24, 2.45) is 11.1 Å². The first-order valence-electron chi connectivity index (χ1n) is 6.24. The molecule has 88 valence electrons. The summed E-state index contributed by atoms with van der Waals surface area (Å²) in [5.41, 5.74) is 7.80. The summed E-state index contributed by atoms with van der Waals surface area (Å²) in [5.74, 6) is 0. The minimum Gasteiger partial charge on any atom is -0.330 e. The molecule has 0 saturated carbocycles. The zero-order valence-electron chi connectivity index (χ0n) is 10.6. The maximum absolute atomic E-state index is 5.94. The lowest BCUT2D eigenvalue weighted by molar-refractivity contribution is 0.149. The molecule has 0 atom stereocenters. The van der Waals surface area contributed by atoms with Crippen LogP contribution >= 0.6 is 0 Å². The van der Waals surface area contributed by atoms with E-state index in [1.54, 1.807) is 0 Å². The lowest BCUT2D eigenvalue weighted by Crippen LogP contribution is -2.43. The third-order valence-electron chi connectivity index (χ3n) is 3.90. The van der Waals surface area contributed by atoms with Crippen molar-refractivity contribution < 1.29 is 0 Å². The first kappa shape index (κ1) is 12.7. The topological polar surface area (TPSA) is 29.3 Å². The molecule has 0 aromatic heterocycles. The maximum atomic E-state index is 5.94. The van der Waals surface area contributed by atoms with Gasteiger partial charge in [-0.05, 0) is 38.1 Å². The van der Waals surface area contributed by atoms with Crippen LogP contribution in [0.25, 0.3) is 0 Å². The fourth-order valence-electron chi connectivity index (χ4n) is 2.43. The van der Waals surface area contributed by atoms with Crippen LogP contribution in [0.5, 0.6) is 0 Å². The molecule has 1 rings (SSSR count). The molecule has 0 amide bonds. The van der Waals surface area contributed by atoms with E-state index in [-0.39, 0.29) is 0 Å². The molecule has 2 N–H and O–H groups in total. The molecule has 0 aliphatic carbocycles. The van der Waals surface area contributed by atoms with Crippen molar-refractivity contribution in [3.8, 4) is 0 Å². The average Bonchev–Trinajstić information content (AvgIpc) is 2.26. The first-order chi connectivity index (χ1) is 7.15. The van der Waals surface area contributed by atoms with Gasteiger partial charge < -0.3 is 5.73 Å². The SMILES string of the molecule is CCC(CC)(CN)CN1CCC=C(C)C1. The molecule has 0 spiro atoms. The molecule has 2 nitrogen and oxygen atoms in total. The third kappa shape index (κ3) is 3.32. The largest absolute Gasteiger partial charge is 0.330 e. The lowest BCUT2D eigenvalue weighted by Gasteiger charge is -2.37. The molecule has 0 unspecified atom stereocenters. The first-order valence-corrected chi connectivity index (χ1v) is 6.24. The van der Waals surface area contributed by atoms with Gasteiger partial charge in [0.15, 0.2) is 0 Å². The smallest absolute Gasteiger partial charge is 0.0190 e. The summed E-state index contributed by atoms with van der Waals surface area (Å²) >= 11 is 0. The van der Waals surface area contributed by atoms with Crippen LogP contribution < -0.4 is 5.73 Å². The highest BCUT2D eigenvalue weighted by molar-refractivity contribution is 5.05. The van der Waals surface area contributed by atoms with Gasteiger partial charge in [0.1, 0.15) is 0 Å². The van der Waals surface area contributed by atoms with E-state index in [9.17, 15) is 0 Å². The number of rotatable bonds is 5. The highest BCUT2D eigenvalue weighted by atomic mass is 15.1. The van der Waals surface area contributed by atoms with E-state index in [0.717, 1.165) is 13.1 Å². The Labute approximate surface area is 94.5 Å². The normalized spacial score (nSPS) is 19.1. The molecule has 2 heteroatoms. The Morgan fingerprint density at radius 3 is 2.53 bits per heavy atom. The van der Waals surface area contributed by atoms with Gasteiger partial charge in [0.2, 0.25) is 0 Å². The number of hydrogen-bond acceptors (Lipinski definition) is 2. The minimum absolute atomic E-state index is 0.345. The highest BCUT2D eigenvalue weighted by Crippen LogP contribution is 2.27. The fraction of sp³-hybridized carbons (Fsp3) is 0.846. The van der Waals surface area contributed by atoms with E-state index in [1.165, 1.54) is 37.9 Å². The molecule has 0 fully saturated rings. The summed E-state index contributed by atoms with van der Waals surface area (Å²) in [6, 6.07) is 0. The van der Waals surface area contributed by atoms with Gasteiger partial charge in [0, 0.05) is 19.6 Å².